The molecule has 1 aromatic heterocycles. The Morgan fingerprint density at radius 1 is 0.339 bits per heavy atom. The Balaban J connectivity index is 1.09. The number of anilines is 3. The summed E-state index contributed by atoms with van der Waals surface area (Å²) in [7, 11) is 0. The van der Waals surface area contributed by atoms with Crippen molar-refractivity contribution in [3.63, 3.8) is 0 Å². The maximum absolute atomic E-state index is 6.78. The van der Waals surface area contributed by atoms with Crippen LogP contribution in [-0.4, -0.2) is 0 Å². The van der Waals surface area contributed by atoms with Gasteiger partial charge in [0.05, 0.1) is 5.41 Å². The van der Waals surface area contributed by atoms with Crippen molar-refractivity contribution in [1.82, 2.24) is 0 Å². The zero-order valence-electron chi connectivity index (χ0n) is 32.2. The van der Waals surface area contributed by atoms with E-state index in [0.717, 1.165) is 44.4 Å². The highest BCUT2D eigenvalue weighted by molar-refractivity contribution is 6.15. The smallest absolute Gasteiger partial charge is 0.143 e. The number of hydrogen-bond donors (Lipinski definition) is 0. The molecule has 2 nitrogen and oxygen atoms in total. The molecule has 10 aromatic carbocycles. The summed E-state index contributed by atoms with van der Waals surface area (Å²) in [6.07, 6.45) is 0. The molecule has 0 atom stereocenters. The van der Waals surface area contributed by atoms with Crippen LogP contribution < -0.4 is 4.90 Å². The lowest BCUT2D eigenvalue weighted by atomic mass is 9.67. The highest BCUT2D eigenvalue weighted by atomic mass is 16.3. The second kappa shape index (κ2) is 13.2. The number of furan rings is 1. The molecule has 0 saturated heterocycles. The molecule has 0 bridgehead atoms. The van der Waals surface area contributed by atoms with Crippen LogP contribution in [-0.2, 0) is 5.41 Å². The van der Waals surface area contributed by atoms with E-state index in [2.05, 4.69) is 229 Å². The second-order valence-corrected chi connectivity index (χ2v) is 15.6. The standard InChI is InChI=1S/C57H37NO/c1-3-17-41(18-4-1)57(42-19-5-2-6-20-42)53-25-12-11-23-49(53)50-34-31-44(36-54(50)57)58(43-29-26-40(27-30-43)47-24-13-16-38-14-7-9-21-46(38)47)45-32-35-51-52-33-28-39-15-8-10-22-48(39)56(52)59-55(51)37-45/h1-37H. The monoisotopic (exact) mass is 751 g/mol. The molecule has 0 fully saturated rings. The Hall–Kier alpha value is -7.68. The highest BCUT2D eigenvalue weighted by Gasteiger charge is 2.46. The maximum atomic E-state index is 6.78. The van der Waals surface area contributed by atoms with E-state index < -0.39 is 5.41 Å². The van der Waals surface area contributed by atoms with Gasteiger partial charge < -0.3 is 9.32 Å². The van der Waals surface area contributed by atoms with Gasteiger partial charge in [-0.25, -0.2) is 0 Å². The third-order valence-corrected chi connectivity index (χ3v) is 12.5. The van der Waals surface area contributed by atoms with Crippen LogP contribution in [0.4, 0.5) is 17.1 Å². The van der Waals surface area contributed by atoms with Crippen LogP contribution >= 0.6 is 0 Å². The van der Waals surface area contributed by atoms with Gasteiger partial charge in [-0.2, -0.15) is 0 Å². The number of nitrogens with zero attached hydrogens (tertiary/aromatic N) is 1. The lowest BCUT2D eigenvalue weighted by Crippen LogP contribution is -2.28. The van der Waals surface area contributed by atoms with Gasteiger partial charge in [0, 0.05) is 39.3 Å². The van der Waals surface area contributed by atoms with Crippen molar-refractivity contribution in [3.8, 4) is 22.3 Å². The summed E-state index contributed by atoms with van der Waals surface area (Å²) in [5.74, 6) is 0. The van der Waals surface area contributed by atoms with Gasteiger partial charge in [0.2, 0.25) is 0 Å². The third kappa shape index (κ3) is 5.06. The van der Waals surface area contributed by atoms with E-state index in [1.54, 1.807) is 0 Å². The first-order chi connectivity index (χ1) is 29.3. The minimum atomic E-state index is -0.516. The van der Waals surface area contributed by atoms with E-state index in [1.165, 1.54) is 60.7 Å². The zero-order chi connectivity index (χ0) is 38.9. The first-order valence-electron chi connectivity index (χ1n) is 20.3. The fraction of sp³-hybridized carbons (Fsp3) is 0.0175. The molecule has 2 heteroatoms. The van der Waals surface area contributed by atoms with Gasteiger partial charge in [0.15, 0.2) is 0 Å². The molecule has 59 heavy (non-hydrogen) atoms. The molecule has 0 unspecified atom stereocenters. The van der Waals surface area contributed by atoms with Crippen LogP contribution in [0, 0.1) is 0 Å². The Kier molecular flexibility index (Phi) is 7.48. The van der Waals surface area contributed by atoms with Crippen molar-refractivity contribution in [2.75, 3.05) is 4.90 Å². The van der Waals surface area contributed by atoms with Crippen LogP contribution in [0.25, 0.3) is 65.7 Å². The van der Waals surface area contributed by atoms with Crippen molar-refractivity contribution in [2.24, 2.45) is 0 Å². The number of benzene rings is 10. The molecule has 1 aliphatic carbocycles. The van der Waals surface area contributed by atoms with Gasteiger partial charge >= 0.3 is 0 Å². The zero-order valence-corrected chi connectivity index (χ0v) is 32.2. The summed E-state index contributed by atoms with van der Waals surface area (Å²) in [6.45, 7) is 0. The summed E-state index contributed by atoms with van der Waals surface area (Å²) >= 11 is 0. The minimum Gasteiger partial charge on any atom is -0.455 e. The molecule has 276 valence electrons. The van der Waals surface area contributed by atoms with Gasteiger partial charge in [-0.1, -0.05) is 176 Å². The SMILES string of the molecule is c1ccc(C2(c3ccccc3)c3ccccc3-c3ccc(N(c4ccc(-c5cccc6ccccc56)cc4)c4ccc5c(c4)oc4c6ccccc6ccc54)cc32)cc1. The van der Waals surface area contributed by atoms with Crippen LogP contribution in [0.2, 0.25) is 0 Å². The van der Waals surface area contributed by atoms with Crippen LogP contribution in [0.1, 0.15) is 22.3 Å². The summed E-state index contributed by atoms with van der Waals surface area (Å²) < 4.78 is 6.78. The van der Waals surface area contributed by atoms with Crippen molar-refractivity contribution < 1.29 is 4.42 Å². The average molecular weight is 752 g/mol. The molecule has 0 spiro atoms. The normalized spacial score (nSPS) is 12.9. The number of hydrogen-bond acceptors (Lipinski definition) is 2. The van der Waals surface area contributed by atoms with E-state index in [0.29, 0.717) is 0 Å². The van der Waals surface area contributed by atoms with E-state index in [4.69, 9.17) is 4.42 Å². The van der Waals surface area contributed by atoms with Crippen molar-refractivity contribution >= 4 is 60.5 Å². The molecule has 0 amide bonds. The molecule has 1 heterocycles. The van der Waals surface area contributed by atoms with Gasteiger partial charge in [-0.05, 0) is 103 Å². The maximum Gasteiger partial charge on any atom is 0.143 e. The Labute approximate surface area is 342 Å². The largest absolute Gasteiger partial charge is 0.455 e. The fourth-order valence-corrected chi connectivity index (χ4v) is 9.92. The van der Waals surface area contributed by atoms with E-state index >= 15 is 0 Å². The van der Waals surface area contributed by atoms with E-state index in [-0.39, 0.29) is 0 Å². The summed E-state index contributed by atoms with van der Waals surface area (Å²) in [5, 5.41) is 7.02. The Morgan fingerprint density at radius 3 is 1.68 bits per heavy atom. The van der Waals surface area contributed by atoms with Crippen molar-refractivity contribution in [3.05, 3.63) is 247 Å². The molecule has 0 saturated carbocycles. The molecule has 0 aliphatic heterocycles. The fourth-order valence-electron chi connectivity index (χ4n) is 9.92. The summed E-state index contributed by atoms with van der Waals surface area (Å²) in [4.78, 5) is 2.39. The average Bonchev–Trinajstić information content (AvgIpc) is 3.83. The van der Waals surface area contributed by atoms with Crippen LogP contribution in [0.3, 0.4) is 0 Å². The third-order valence-electron chi connectivity index (χ3n) is 12.5. The van der Waals surface area contributed by atoms with Gasteiger partial charge in [0.25, 0.3) is 0 Å². The van der Waals surface area contributed by atoms with E-state index in [9.17, 15) is 0 Å². The lowest BCUT2D eigenvalue weighted by molar-refractivity contribution is 0.672. The predicted octanol–water partition coefficient (Wildman–Crippen LogP) is 15.4. The quantitative estimate of drug-likeness (QED) is 0.168. The second-order valence-electron chi connectivity index (χ2n) is 15.6. The van der Waals surface area contributed by atoms with Gasteiger partial charge in [0.1, 0.15) is 11.2 Å². The van der Waals surface area contributed by atoms with Crippen LogP contribution in [0.15, 0.2) is 229 Å². The molecule has 0 radical (unpaired) electrons. The molecule has 12 rings (SSSR count). The highest BCUT2D eigenvalue weighted by Crippen LogP contribution is 2.57. The van der Waals surface area contributed by atoms with Crippen molar-refractivity contribution in [1.29, 1.82) is 0 Å². The first kappa shape index (κ1) is 33.5. The Bertz CT molecular complexity index is 3340. The molecular formula is C57H37NO. The summed E-state index contributed by atoms with van der Waals surface area (Å²) in [5.41, 5.74) is 14.4. The van der Waals surface area contributed by atoms with E-state index in [1.807, 2.05) is 0 Å². The lowest BCUT2D eigenvalue weighted by Gasteiger charge is -2.35. The van der Waals surface area contributed by atoms with Gasteiger partial charge in [-0.15, -0.1) is 0 Å². The first-order valence-corrected chi connectivity index (χ1v) is 20.3. The topological polar surface area (TPSA) is 16.4 Å². The molecule has 1 aliphatic rings. The Morgan fingerprint density at radius 2 is 0.898 bits per heavy atom. The predicted molar refractivity (Wildman–Crippen MR) is 246 cm³/mol. The van der Waals surface area contributed by atoms with Crippen LogP contribution in [0.5, 0.6) is 0 Å². The van der Waals surface area contributed by atoms with Crippen molar-refractivity contribution in [2.45, 2.75) is 5.41 Å². The molecule has 11 aromatic rings. The molecular weight excluding hydrogens is 715 g/mol. The van der Waals surface area contributed by atoms with Gasteiger partial charge in [-0.3, -0.25) is 0 Å². The minimum absolute atomic E-state index is 0.516. The number of rotatable bonds is 6. The molecule has 0 N–H and O–H groups in total. The summed E-state index contributed by atoms with van der Waals surface area (Å²) in [6, 6.07) is 81.8. The number of fused-ring (bicyclic) bond motifs is 9.